The summed E-state index contributed by atoms with van der Waals surface area (Å²) < 4.78 is 17.8. The molecule has 0 aromatic heterocycles. The lowest BCUT2D eigenvalue weighted by molar-refractivity contribution is -0.115. The highest BCUT2D eigenvalue weighted by Gasteiger charge is 2.52. The van der Waals surface area contributed by atoms with Crippen LogP contribution in [0.5, 0.6) is 0 Å². The van der Waals surface area contributed by atoms with E-state index in [1.807, 2.05) is 76.2 Å². The molecule has 0 unspecified atom stereocenters. The van der Waals surface area contributed by atoms with Crippen molar-refractivity contribution in [3.8, 4) is 0 Å². The Hall–Kier alpha value is -2.81. The number of carbonyl (C=O) groups excluding carboxylic acids is 2. The van der Waals surface area contributed by atoms with E-state index in [4.69, 9.17) is 25.6 Å². The van der Waals surface area contributed by atoms with Crippen molar-refractivity contribution < 1.29 is 23.6 Å². The van der Waals surface area contributed by atoms with E-state index in [0.29, 0.717) is 5.69 Å². The molecule has 2 aromatic rings. The fourth-order valence-electron chi connectivity index (χ4n) is 3.33. The summed E-state index contributed by atoms with van der Waals surface area (Å²) in [7, 11) is -0.641. The Kier molecular flexibility index (Phi) is 9.00. The van der Waals surface area contributed by atoms with E-state index in [0.717, 1.165) is 16.6 Å². The maximum atomic E-state index is 12.4. The second-order valence-corrected chi connectivity index (χ2v) is 9.71. The van der Waals surface area contributed by atoms with Gasteiger partial charge >= 0.3 is 13.2 Å². The SMILES string of the molecule is CC1(C)OB(C(=Cc2ccc(NC(=O)CCCl)cc2)CNC(=O)OCc2ccccc2)OC1(C)C. The summed E-state index contributed by atoms with van der Waals surface area (Å²) in [4.78, 5) is 24.1. The van der Waals surface area contributed by atoms with Crippen molar-refractivity contribution in [1.29, 1.82) is 0 Å². The van der Waals surface area contributed by atoms with Crippen LogP contribution in [-0.4, -0.2) is 42.7 Å². The minimum absolute atomic E-state index is 0.139. The number of alkyl halides is 1. The number of rotatable bonds is 9. The largest absolute Gasteiger partial charge is 0.492 e. The molecule has 2 N–H and O–H groups in total. The molecule has 0 aliphatic carbocycles. The summed E-state index contributed by atoms with van der Waals surface area (Å²) in [5.41, 5.74) is 2.13. The van der Waals surface area contributed by atoms with Gasteiger partial charge in [-0.15, -0.1) is 11.6 Å². The van der Waals surface area contributed by atoms with Crippen LogP contribution in [-0.2, 0) is 25.4 Å². The van der Waals surface area contributed by atoms with Gasteiger partial charge in [-0.05, 0) is 56.4 Å². The molecule has 0 saturated carbocycles. The van der Waals surface area contributed by atoms with Gasteiger partial charge in [-0.25, -0.2) is 4.79 Å². The molecule has 35 heavy (non-hydrogen) atoms. The zero-order valence-corrected chi connectivity index (χ0v) is 21.4. The maximum Gasteiger partial charge on any atom is 0.492 e. The Labute approximate surface area is 212 Å². The van der Waals surface area contributed by atoms with Crippen molar-refractivity contribution in [2.75, 3.05) is 17.7 Å². The van der Waals surface area contributed by atoms with Gasteiger partial charge in [0.1, 0.15) is 6.61 Å². The van der Waals surface area contributed by atoms with E-state index in [9.17, 15) is 9.59 Å². The zero-order valence-electron chi connectivity index (χ0n) is 20.6. The molecular weight excluding hydrogens is 467 g/mol. The van der Waals surface area contributed by atoms with Crippen LogP contribution in [0.2, 0.25) is 0 Å². The molecule has 1 fully saturated rings. The van der Waals surface area contributed by atoms with Crippen LogP contribution in [0.3, 0.4) is 0 Å². The summed E-state index contributed by atoms with van der Waals surface area (Å²) in [6.07, 6.45) is 1.62. The molecular formula is C26H32BClN2O5. The molecule has 1 saturated heterocycles. The quantitative estimate of drug-likeness (QED) is 0.367. The first-order valence-electron chi connectivity index (χ1n) is 11.6. The second kappa shape index (κ2) is 11.8. The molecule has 9 heteroatoms. The third-order valence-electron chi connectivity index (χ3n) is 6.07. The Bertz CT molecular complexity index is 1030. The number of anilines is 1. The number of alkyl carbamates (subject to hydrolysis) is 1. The van der Waals surface area contributed by atoms with Crippen molar-refractivity contribution in [3.05, 3.63) is 71.2 Å². The van der Waals surface area contributed by atoms with Gasteiger partial charge in [0, 0.05) is 24.5 Å². The van der Waals surface area contributed by atoms with E-state index >= 15 is 0 Å². The topological polar surface area (TPSA) is 85.9 Å². The van der Waals surface area contributed by atoms with Crippen molar-refractivity contribution >= 4 is 42.5 Å². The highest BCUT2D eigenvalue weighted by atomic mass is 35.5. The van der Waals surface area contributed by atoms with Gasteiger partial charge in [0.25, 0.3) is 0 Å². The Balaban J connectivity index is 1.71. The van der Waals surface area contributed by atoms with Crippen LogP contribution in [0.15, 0.2) is 60.1 Å². The highest BCUT2D eigenvalue weighted by molar-refractivity contribution is 6.56. The van der Waals surface area contributed by atoms with E-state index in [2.05, 4.69) is 10.6 Å². The van der Waals surface area contributed by atoms with Crippen molar-refractivity contribution in [3.63, 3.8) is 0 Å². The van der Waals surface area contributed by atoms with Crippen LogP contribution >= 0.6 is 11.6 Å². The first kappa shape index (κ1) is 26.8. The van der Waals surface area contributed by atoms with Gasteiger partial charge in [0.2, 0.25) is 5.91 Å². The van der Waals surface area contributed by atoms with Gasteiger partial charge in [-0.1, -0.05) is 48.5 Å². The van der Waals surface area contributed by atoms with Gasteiger partial charge in [-0.2, -0.15) is 0 Å². The second-order valence-electron chi connectivity index (χ2n) is 9.33. The lowest BCUT2D eigenvalue weighted by atomic mass is 9.77. The number of benzene rings is 2. The number of hydrogen-bond donors (Lipinski definition) is 2. The molecule has 1 aliphatic heterocycles. The molecule has 3 rings (SSSR count). The molecule has 2 amide bonds. The summed E-state index contributed by atoms with van der Waals surface area (Å²) in [6.45, 7) is 8.27. The monoisotopic (exact) mass is 498 g/mol. The van der Waals surface area contributed by atoms with E-state index in [1.165, 1.54) is 0 Å². The van der Waals surface area contributed by atoms with Crippen LogP contribution in [0.4, 0.5) is 10.5 Å². The predicted molar refractivity (Wildman–Crippen MR) is 139 cm³/mol. The highest BCUT2D eigenvalue weighted by Crippen LogP contribution is 2.38. The summed E-state index contributed by atoms with van der Waals surface area (Å²) >= 11 is 5.62. The maximum absolute atomic E-state index is 12.4. The van der Waals surface area contributed by atoms with Gasteiger partial charge < -0.3 is 24.7 Å². The standard InChI is InChI=1S/C26H32BClN2O5/c1-25(2)26(3,4)35-27(34-25)21(17-29-24(32)33-18-20-8-6-5-7-9-20)16-19-10-12-22(13-11-19)30-23(31)14-15-28/h5-13,16H,14-15,17-18H2,1-4H3,(H,29,32)(H,30,31). The predicted octanol–water partition coefficient (Wildman–Crippen LogP) is 5.20. The van der Waals surface area contributed by atoms with Crippen LogP contribution < -0.4 is 10.6 Å². The smallest absolute Gasteiger partial charge is 0.445 e. The third-order valence-corrected chi connectivity index (χ3v) is 6.26. The fourth-order valence-corrected chi connectivity index (χ4v) is 3.50. The lowest BCUT2D eigenvalue weighted by Gasteiger charge is -2.32. The molecule has 0 bridgehead atoms. The molecule has 1 aliphatic rings. The average molecular weight is 499 g/mol. The minimum atomic E-state index is -0.641. The number of ether oxygens (including phenoxy) is 1. The molecule has 0 atom stereocenters. The number of nitrogens with one attached hydrogen (secondary N) is 2. The number of hydrogen-bond acceptors (Lipinski definition) is 5. The van der Waals surface area contributed by atoms with Gasteiger partial charge in [0.05, 0.1) is 11.2 Å². The van der Waals surface area contributed by atoms with Crippen molar-refractivity contribution in [1.82, 2.24) is 5.32 Å². The number of carbonyl (C=O) groups is 2. The van der Waals surface area contributed by atoms with Gasteiger partial charge in [-0.3, -0.25) is 4.79 Å². The van der Waals surface area contributed by atoms with E-state index in [1.54, 1.807) is 12.1 Å². The fraction of sp³-hybridized carbons (Fsp3) is 0.385. The Morgan fingerprint density at radius 3 is 2.23 bits per heavy atom. The minimum Gasteiger partial charge on any atom is -0.445 e. The molecule has 0 spiro atoms. The Morgan fingerprint density at radius 1 is 1.00 bits per heavy atom. The summed E-state index contributed by atoms with van der Waals surface area (Å²) in [5, 5.41) is 5.60. The summed E-state index contributed by atoms with van der Waals surface area (Å²) in [5.74, 6) is 0.129. The molecule has 2 aromatic carbocycles. The number of halogens is 1. The Morgan fingerprint density at radius 2 is 1.63 bits per heavy atom. The molecule has 186 valence electrons. The van der Waals surface area contributed by atoms with Crippen LogP contribution in [0.25, 0.3) is 6.08 Å². The van der Waals surface area contributed by atoms with Crippen molar-refractivity contribution in [2.45, 2.75) is 51.9 Å². The summed E-state index contributed by atoms with van der Waals surface area (Å²) in [6, 6.07) is 16.8. The van der Waals surface area contributed by atoms with Crippen LogP contribution in [0.1, 0.15) is 45.2 Å². The molecule has 0 radical (unpaired) electrons. The first-order chi connectivity index (χ1) is 16.6. The van der Waals surface area contributed by atoms with Gasteiger partial charge in [0.15, 0.2) is 0 Å². The molecule has 1 heterocycles. The van der Waals surface area contributed by atoms with Crippen molar-refractivity contribution in [2.24, 2.45) is 0 Å². The number of amides is 2. The lowest BCUT2D eigenvalue weighted by Crippen LogP contribution is -2.41. The molecule has 7 nitrogen and oxygen atoms in total. The average Bonchev–Trinajstić information content (AvgIpc) is 3.03. The van der Waals surface area contributed by atoms with Crippen LogP contribution in [0, 0.1) is 0 Å². The normalized spacial score (nSPS) is 16.6. The third kappa shape index (κ3) is 7.59. The van der Waals surface area contributed by atoms with E-state index < -0.39 is 24.4 Å². The van der Waals surface area contributed by atoms with E-state index in [-0.39, 0.29) is 31.4 Å². The zero-order chi connectivity index (χ0) is 25.5. The first-order valence-corrected chi connectivity index (χ1v) is 12.1.